The maximum atomic E-state index is 13.5. The standard InChI is InChI=1S/C29H31FN10O2/c1-17-12-24(39-38-17)36-27-22-15-31-11-8-23(22)35-26(37-27)19-6-9-29(42-3,10-7-19)28(41)34-18(2)20-4-5-25(32-13-20)40-16-21(30)14-33-40/h4-5,8,11-16,18-19H,6-7,9-10H2,1-3H3,(H,34,41)(H2,35,36,37,38,39)/t18-,19-,29+/m0/s1. The normalized spacial score (nSPS) is 19.5. The molecule has 5 aromatic rings. The van der Waals surface area contributed by atoms with E-state index in [2.05, 4.69) is 35.9 Å². The average molecular weight is 571 g/mol. The maximum Gasteiger partial charge on any atom is 0.252 e. The second-order valence-corrected chi connectivity index (χ2v) is 10.6. The number of halogens is 1. The number of aromatic nitrogens is 8. The van der Waals surface area contributed by atoms with Gasteiger partial charge >= 0.3 is 0 Å². The molecule has 0 spiro atoms. The predicted octanol–water partition coefficient (Wildman–Crippen LogP) is 4.44. The van der Waals surface area contributed by atoms with E-state index in [1.54, 1.807) is 31.8 Å². The van der Waals surface area contributed by atoms with Gasteiger partial charge in [0.05, 0.1) is 29.3 Å². The summed E-state index contributed by atoms with van der Waals surface area (Å²) in [5, 5.41) is 18.3. The van der Waals surface area contributed by atoms with Crippen LogP contribution in [0.5, 0.6) is 0 Å². The van der Waals surface area contributed by atoms with Crippen molar-refractivity contribution in [3.8, 4) is 5.82 Å². The zero-order valence-corrected chi connectivity index (χ0v) is 23.5. The fourth-order valence-electron chi connectivity index (χ4n) is 5.36. The topological polar surface area (TPSA) is 148 Å². The first-order chi connectivity index (χ1) is 20.3. The lowest BCUT2D eigenvalue weighted by molar-refractivity contribution is -0.148. The molecule has 0 bridgehead atoms. The third-order valence-electron chi connectivity index (χ3n) is 7.83. The van der Waals surface area contributed by atoms with Crippen molar-refractivity contribution in [3.63, 3.8) is 0 Å². The predicted molar refractivity (Wildman–Crippen MR) is 153 cm³/mol. The van der Waals surface area contributed by atoms with Crippen molar-refractivity contribution in [1.29, 1.82) is 0 Å². The maximum absolute atomic E-state index is 13.5. The Labute approximate surface area is 241 Å². The quantitative estimate of drug-likeness (QED) is 0.246. The summed E-state index contributed by atoms with van der Waals surface area (Å²) in [6.07, 6.45) is 9.89. The lowest BCUT2D eigenvalue weighted by Crippen LogP contribution is -2.50. The number of fused-ring (bicyclic) bond motifs is 1. The van der Waals surface area contributed by atoms with Crippen LogP contribution in [-0.2, 0) is 9.53 Å². The number of pyridine rings is 2. The van der Waals surface area contributed by atoms with Crippen molar-refractivity contribution in [1.82, 2.24) is 45.2 Å². The molecule has 5 aromatic heterocycles. The molecular weight excluding hydrogens is 539 g/mol. The minimum atomic E-state index is -0.959. The Bertz CT molecular complexity index is 1710. The number of ether oxygens (including phenoxy) is 1. The molecule has 42 heavy (non-hydrogen) atoms. The number of hydrogen-bond donors (Lipinski definition) is 3. The van der Waals surface area contributed by atoms with Gasteiger partial charge in [-0.2, -0.15) is 10.2 Å². The van der Waals surface area contributed by atoms with Crippen LogP contribution in [0, 0.1) is 12.7 Å². The van der Waals surface area contributed by atoms with E-state index in [1.807, 2.05) is 32.0 Å². The summed E-state index contributed by atoms with van der Waals surface area (Å²) in [5.74, 6) is 1.95. The summed E-state index contributed by atoms with van der Waals surface area (Å²) in [4.78, 5) is 31.9. The Hall–Kier alpha value is -4.78. The van der Waals surface area contributed by atoms with Crippen LogP contribution < -0.4 is 10.6 Å². The highest BCUT2D eigenvalue weighted by molar-refractivity contribution is 5.89. The fourth-order valence-corrected chi connectivity index (χ4v) is 5.36. The van der Waals surface area contributed by atoms with Crippen LogP contribution in [0.25, 0.3) is 16.7 Å². The fraction of sp³-hybridized carbons (Fsp3) is 0.345. The summed E-state index contributed by atoms with van der Waals surface area (Å²) in [6, 6.07) is 7.04. The van der Waals surface area contributed by atoms with Crippen molar-refractivity contribution >= 4 is 28.4 Å². The first-order valence-corrected chi connectivity index (χ1v) is 13.8. The first kappa shape index (κ1) is 27.4. The zero-order chi connectivity index (χ0) is 29.3. The lowest BCUT2D eigenvalue weighted by Gasteiger charge is -2.38. The van der Waals surface area contributed by atoms with Crippen LogP contribution >= 0.6 is 0 Å². The van der Waals surface area contributed by atoms with Crippen LogP contribution in [0.2, 0.25) is 0 Å². The van der Waals surface area contributed by atoms with Gasteiger partial charge in [-0.05, 0) is 57.2 Å². The van der Waals surface area contributed by atoms with Crippen LogP contribution in [0.3, 0.4) is 0 Å². The van der Waals surface area contributed by atoms with E-state index in [4.69, 9.17) is 14.7 Å². The molecule has 6 rings (SSSR count). The van der Waals surface area contributed by atoms with Gasteiger partial charge < -0.3 is 15.4 Å². The van der Waals surface area contributed by atoms with Crippen molar-refractivity contribution in [2.24, 2.45) is 0 Å². The van der Waals surface area contributed by atoms with Crippen LogP contribution in [0.15, 0.2) is 55.2 Å². The van der Waals surface area contributed by atoms with E-state index < -0.39 is 11.4 Å². The highest BCUT2D eigenvalue weighted by Gasteiger charge is 2.43. The summed E-state index contributed by atoms with van der Waals surface area (Å²) < 4.78 is 20.5. The van der Waals surface area contributed by atoms with Gasteiger partial charge in [-0.25, -0.2) is 24.0 Å². The number of rotatable bonds is 8. The van der Waals surface area contributed by atoms with Crippen molar-refractivity contribution in [2.75, 3.05) is 12.4 Å². The monoisotopic (exact) mass is 570 g/mol. The molecule has 216 valence electrons. The minimum absolute atomic E-state index is 0.0569. The molecule has 0 aliphatic heterocycles. The number of aryl methyl sites for hydroxylation is 1. The third-order valence-corrected chi connectivity index (χ3v) is 7.83. The Balaban J connectivity index is 1.14. The molecule has 1 aliphatic rings. The number of carbonyl (C=O) groups is 1. The molecule has 0 unspecified atom stereocenters. The molecule has 0 radical (unpaired) electrons. The molecule has 1 aliphatic carbocycles. The Morgan fingerprint density at radius 3 is 2.69 bits per heavy atom. The van der Waals surface area contributed by atoms with Gasteiger partial charge in [0, 0.05) is 43.4 Å². The SMILES string of the molecule is CO[C@]1(C(=O)N[C@@H](C)c2ccc(-n3cc(F)cn3)nc2)CC[C@H](c2nc(Nc3cc(C)[nH]n3)c3cnccc3n2)CC1. The molecule has 1 amide bonds. The number of aromatic amines is 1. The van der Waals surface area contributed by atoms with E-state index in [0.29, 0.717) is 49.0 Å². The van der Waals surface area contributed by atoms with Gasteiger partial charge in [0.25, 0.3) is 5.91 Å². The molecular formula is C29H31FN10O2. The number of methoxy groups -OCH3 is 1. The molecule has 3 N–H and O–H groups in total. The number of nitrogens with one attached hydrogen (secondary N) is 3. The Kier molecular flexibility index (Phi) is 7.33. The number of amides is 1. The van der Waals surface area contributed by atoms with Gasteiger partial charge in [-0.3, -0.25) is 14.9 Å². The van der Waals surface area contributed by atoms with E-state index in [-0.39, 0.29) is 17.9 Å². The Morgan fingerprint density at radius 1 is 1.19 bits per heavy atom. The molecule has 1 saturated carbocycles. The summed E-state index contributed by atoms with van der Waals surface area (Å²) in [6.45, 7) is 3.83. The number of nitrogens with zero attached hydrogens (tertiary/aromatic N) is 7. The van der Waals surface area contributed by atoms with Crippen LogP contribution in [0.4, 0.5) is 16.0 Å². The number of H-pyrrole nitrogens is 1. The summed E-state index contributed by atoms with van der Waals surface area (Å²) >= 11 is 0. The van der Waals surface area contributed by atoms with E-state index in [1.165, 1.54) is 10.9 Å². The molecule has 13 heteroatoms. The second kappa shape index (κ2) is 11.2. The number of anilines is 2. The minimum Gasteiger partial charge on any atom is -0.368 e. The summed E-state index contributed by atoms with van der Waals surface area (Å²) in [5.41, 5.74) is 1.58. The highest BCUT2D eigenvalue weighted by atomic mass is 19.1. The van der Waals surface area contributed by atoms with Gasteiger partial charge in [-0.1, -0.05) is 6.07 Å². The Morgan fingerprint density at radius 2 is 2.02 bits per heavy atom. The number of hydrogen-bond acceptors (Lipinski definition) is 9. The van der Waals surface area contributed by atoms with Gasteiger partial charge in [0.1, 0.15) is 17.2 Å². The molecule has 1 fully saturated rings. The highest BCUT2D eigenvalue weighted by Crippen LogP contribution is 2.40. The van der Waals surface area contributed by atoms with E-state index in [9.17, 15) is 9.18 Å². The number of carbonyl (C=O) groups excluding carboxylic acids is 1. The van der Waals surface area contributed by atoms with E-state index >= 15 is 0 Å². The van der Waals surface area contributed by atoms with Gasteiger partial charge in [-0.15, -0.1) is 0 Å². The first-order valence-electron chi connectivity index (χ1n) is 13.8. The van der Waals surface area contributed by atoms with Crippen LogP contribution in [-0.4, -0.2) is 58.5 Å². The van der Waals surface area contributed by atoms with Gasteiger partial charge in [0.2, 0.25) is 0 Å². The lowest BCUT2D eigenvalue weighted by atomic mass is 9.77. The van der Waals surface area contributed by atoms with Crippen molar-refractivity contribution < 1.29 is 13.9 Å². The molecule has 1 atom stereocenters. The smallest absolute Gasteiger partial charge is 0.252 e. The van der Waals surface area contributed by atoms with Crippen molar-refractivity contribution in [2.45, 2.75) is 57.1 Å². The molecule has 0 saturated heterocycles. The second-order valence-electron chi connectivity index (χ2n) is 10.6. The van der Waals surface area contributed by atoms with E-state index in [0.717, 1.165) is 28.4 Å². The average Bonchev–Trinajstić information content (AvgIpc) is 3.64. The largest absolute Gasteiger partial charge is 0.368 e. The van der Waals surface area contributed by atoms with Crippen LogP contribution in [0.1, 0.15) is 61.6 Å². The third kappa shape index (κ3) is 5.42. The molecule has 5 heterocycles. The summed E-state index contributed by atoms with van der Waals surface area (Å²) in [7, 11) is 1.58. The molecule has 12 nitrogen and oxygen atoms in total. The zero-order valence-electron chi connectivity index (χ0n) is 23.5. The molecule has 0 aromatic carbocycles. The van der Waals surface area contributed by atoms with Gasteiger partial charge in [0.15, 0.2) is 17.5 Å². The van der Waals surface area contributed by atoms with Crippen molar-refractivity contribution in [3.05, 3.63) is 78.1 Å².